The molecule has 134 valence electrons. The lowest BCUT2D eigenvalue weighted by Gasteiger charge is -2.29. The van der Waals surface area contributed by atoms with E-state index in [9.17, 15) is 0 Å². The predicted molar refractivity (Wildman–Crippen MR) is 113 cm³/mol. The number of hydrogen-bond donors (Lipinski definition) is 0. The SMILES string of the molecule is C=C(c1ccc(N(C)C)cc1)c1ccc([Si](CC)(CC)OCC)cc1. The summed E-state index contributed by atoms with van der Waals surface area (Å²) in [5.74, 6) is 0. The standard InChI is InChI=1S/C22H31NOSi/c1-7-24-25(8-2,9-3)22-16-12-20(13-17-22)18(4)19-10-14-21(15-11-19)23(5)6/h10-17H,4,7-9H2,1-3,5-6H3. The van der Waals surface area contributed by atoms with E-state index in [1.54, 1.807) is 0 Å². The van der Waals surface area contributed by atoms with Crippen LogP contribution in [0.2, 0.25) is 12.1 Å². The first kappa shape index (κ1) is 19.5. The summed E-state index contributed by atoms with van der Waals surface area (Å²) in [6.45, 7) is 11.7. The van der Waals surface area contributed by atoms with Crippen molar-refractivity contribution in [1.82, 2.24) is 0 Å². The minimum Gasteiger partial charge on any atom is -0.413 e. The Morgan fingerprint density at radius 2 is 1.36 bits per heavy atom. The second kappa shape index (κ2) is 8.50. The average Bonchev–Trinajstić information content (AvgIpc) is 2.66. The molecule has 0 atom stereocenters. The van der Waals surface area contributed by atoms with Crippen LogP contribution in [0, 0.1) is 0 Å². The topological polar surface area (TPSA) is 12.5 Å². The van der Waals surface area contributed by atoms with Crippen molar-refractivity contribution >= 4 is 24.8 Å². The second-order valence-electron chi connectivity index (χ2n) is 6.63. The lowest BCUT2D eigenvalue weighted by atomic mass is 9.99. The van der Waals surface area contributed by atoms with Crippen LogP contribution >= 0.6 is 0 Å². The van der Waals surface area contributed by atoms with Crippen molar-refractivity contribution in [2.24, 2.45) is 0 Å². The van der Waals surface area contributed by atoms with Crippen molar-refractivity contribution in [2.75, 3.05) is 25.6 Å². The van der Waals surface area contributed by atoms with Crippen LogP contribution in [0.25, 0.3) is 5.57 Å². The highest BCUT2D eigenvalue weighted by Crippen LogP contribution is 2.24. The molecule has 3 heteroatoms. The van der Waals surface area contributed by atoms with Gasteiger partial charge < -0.3 is 9.33 Å². The third-order valence-corrected chi connectivity index (χ3v) is 9.57. The Balaban J connectivity index is 2.25. The lowest BCUT2D eigenvalue weighted by molar-refractivity contribution is 0.330. The molecule has 2 aromatic carbocycles. The molecule has 0 bridgehead atoms. The van der Waals surface area contributed by atoms with E-state index < -0.39 is 8.32 Å². The Morgan fingerprint density at radius 3 is 1.76 bits per heavy atom. The molecule has 0 aliphatic rings. The molecule has 0 aliphatic heterocycles. The van der Waals surface area contributed by atoms with Crippen LogP contribution in [0.4, 0.5) is 5.69 Å². The summed E-state index contributed by atoms with van der Waals surface area (Å²) < 4.78 is 6.25. The summed E-state index contributed by atoms with van der Waals surface area (Å²) in [6.07, 6.45) is 0. The second-order valence-corrected chi connectivity index (χ2v) is 10.9. The molecule has 0 saturated heterocycles. The smallest absolute Gasteiger partial charge is 0.223 e. The summed E-state index contributed by atoms with van der Waals surface area (Å²) in [5.41, 5.74) is 4.60. The quantitative estimate of drug-likeness (QED) is 0.616. The van der Waals surface area contributed by atoms with E-state index in [0.717, 1.165) is 29.8 Å². The molecule has 0 N–H and O–H groups in total. The van der Waals surface area contributed by atoms with E-state index >= 15 is 0 Å². The first-order valence-electron chi connectivity index (χ1n) is 9.19. The van der Waals surface area contributed by atoms with Gasteiger partial charge in [0.1, 0.15) is 0 Å². The van der Waals surface area contributed by atoms with Gasteiger partial charge in [-0.2, -0.15) is 0 Å². The van der Waals surface area contributed by atoms with Crippen molar-refractivity contribution in [1.29, 1.82) is 0 Å². The van der Waals surface area contributed by atoms with E-state index in [0.29, 0.717) is 0 Å². The van der Waals surface area contributed by atoms with Gasteiger partial charge in [0.25, 0.3) is 0 Å². The maximum absolute atomic E-state index is 6.25. The number of benzene rings is 2. The molecule has 2 nitrogen and oxygen atoms in total. The van der Waals surface area contributed by atoms with Crippen LogP contribution < -0.4 is 10.1 Å². The first-order valence-corrected chi connectivity index (χ1v) is 11.5. The normalized spacial score (nSPS) is 11.4. The number of nitrogens with zero attached hydrogens (tertiary/aromatic N) is 1. The fraction of sp³-hybridized carbons (Fsp3) is 0.364. The van der Waals surface area contributed by atoms with Crippen LogP contribution in [0.3, 0.4) is 0 Å². The molecule has 0 aromatic heterocycles. The van der Waals surface area contributed by atoms with Gasteiger partial charge in [0.2, 0.25) is 8.32 Å². The Kier molecular flexibility index (Phi) is 6.62. The highest BCUT2D eigenvalue weighted by Gasteiger charge is 2.32. The first-order chi connectivity index (χ1) is 12.0. The Morgan fingerprint density at radius 1 is 0.880 bits per heavy atom. The summed E-state index contributed by atoms with van der Waals surface area (Å²) in [5, 5.41) is 1.39. The predicted octanol–water partition coefficient (Wildman–Crippen LogP) is 5.04. The van der Waals surface area contributed by atoms with Gasteiger partial charge in [-0.05, 0) is 53.0 Å². The molecule has 0 heterocycles. The summed E-state index contributed by atoms with van der Waals surface area (Å²) in [7, 11) is 2.30. The Labute approximate surface area is 154 Å². The van der Waals surface area contributed by atoms with Gasteiger partial charge in [-0.25, -0.2) is 0 Å². The summed E-state index contributed by atoms with van der Waals surface area (Å²) in [6, 6.07) is 19.7. The van der Waals surface area contributed by atoms with Crippen molar-refractivity contribution in [3.63, 3.8) is 0 Å². The zero-order valence-corrected chi connectivity index (χ0v) is 17.3. The molecule has 0 spiro atoms. The third kappa shape index (κ3) is 4.23. The van der Waals surface area contributed by atoms with Crippen LogP contribution in [-0.2, 0) is 4.43 Å². The molecule has 0 aliphatic carbocycles. The van der Waals surface area contributed by atoms with E-state index in [1.807, 2.05) is 0 Å². The van der Waals surface area contributed by atoms with E-state index in [1.165, 1.54) is 16.4 Å². The monoisotopic (exact) mass is 353 g/mol. The highest BCUT2D eigenvalue weighted by molar-refractivity contribution is 6.86. The fourth-order valence-corrected chi connectivity index (χ4v) is 6.54. The zero-order valence-electron chi connectivity index (χ0n) is 16.3. The van der Waals surface area contributed by atoms with E-state index in [4.69, 9.17) is 4.43 Å². The zero-order chi connectivity index (χ0) is 18.4. The molecule has 0 fully saturated rings. The Bertz CT molecular complexity index is 685. The summed E-state index contributed by atoms with van der Waals surface area (Å²) >= 11 is 0. The lowest BCUT2D eigenvalue weighted by Crippen LogP contribution is -2.49. The largest absolute Gasteiger partial charge is 0.413 e. The summed E-state index contributed by atoms with van der Waals surface area (Å²) in [4.78, 5) is 2.11. The Hall–Kier alpha value is -1.84. The van der Waals surface area contributed by atoms with Gasteiger partial charge in [-0.3, -0.25) is 0 Å². The highest BCUT2D eigenvalue weighted by atomic mass is 28.4. The maximum atomic E-state index is 6.25. The van der Waals surface area contributed by atoms with Gasteiger partial charge in [-0.1, -0.05) is 56.8 Å². The van der Waals surface area contributed by atoms with Gasteiger partial charge in [0.05, 0.1) is 0 Å². The minimum absolute atomic E-state index is 0.792. The molecule has 25 heavy (non-hydrogen) atoms. The molecular weight excluding hydrogens is 322 g/mol. The molecule has 2 rings (SSSR count). The molecular formula is C22H31NOSi. The molecule has 2 aromatic rings. The van der Waals surface area contributed by atoms with Crippen LogP contribution in [0.15, 0.2) is 55.1 Å². The van der Waals surface area contributed by atoms with Gasteiger partial charge >= 0.3 is 0 Å². The van der Waals surface area contributed by atoms with E-state index in [2.05, 4.69) is 94.9 Å². The maximum Gasteiger partial charge on any atom is 0.223 e. The van der Waals surface area contributed by atoms with Crippen LogP contribution in [0.1, 0.15) is 31.9 Å². The van der Waals surface area contributed by atoms with Gasteiger partial charge in [0, 0.05) is 26.4 Å². The average molecular weight is 354 g/mol. The minimum atomic E-state index is -1.81. The molecule has 0 amide bonds. The fourth-order valence-electron chi connectivity index (χ4n) is 3.32. The van der Waals surface area contributed by atoms with Crippen molar-refractivity contribution in [2.45, 2.75) is 32.9 Å². The number of rotatable bonds is 8. The number of anilines is 1. The van der Waals surface area contributed by atoms with Crippen molar-refractivity contribution in [3.8, 4) is 0 Å². The van der Waals surface area contributed by atoms with Crippen LogP contribution in [0.5, 0.6) is 0 Å². The third-order valence-electron chi connectivity index (χ3n) is 5.05. The number of hydrogen-bond acceptors (Lipinski definition) is 2. The van der Waals surface area contributed by atoms with E-state index in [-0.39, 0.29) is 0 Å². The van der Waals surface area contributed by atoms with Crippen LogP contribution in [-0.4, -0.2) is 29.0 Å². The molecule has 0 radical (unpaired) electrons. The van der Waals surface area contributed by atoms with Crippen molar-refractivity contribution < 1.29 is 4.43 Å². The van der Waals surface area contributed by atoms with Gasteiger partial charge in [-0.15, -0.1) is 0 Å². The molecule has 0 saturated carbocycles. The van der Waals surface area contributed by atoms with Gasteiger partial charge in [0.15, 0.2) is 0 Å². The van der Waals surface area contributed by atoms with Crippen molar-refractivity contribution in [3.05, 3.63) is 66.2 Å². The molecule has 0 unspecified atom stereocenters.